The second kappa shape index (κ2) is 3.72. The minimum absolute atomic E-state index is 0.575. The second-order valence-electron chi connectivity index (χ2n) is 6.39. The Balaban J connectivity index is 1.65. The maximum Gasteiger partial charge on any atom is 0.243 e. The summed E-state index contributed by atoms with van der Waals surface area (Å²) in [6.07, 6.45) is 13.0. The van der Waals surface area contributed by atoms with Crippen LogP contribution in [0.1, 0.15) is 33.1 Å². The first-order valence-corrected chi connectivity index (χ1v) is 6.77. The van der Waals surface area contributed by atoms with Crippen molar-refractivity contribution < 1.29 is 4.57 Å². The van der Waals surface area contributed by atoms with Crippen LogP contribution in [0.25, 0.3) is 0 Å². The van der Waals surface area contributed by atoms with Crippen LogP contribution in [0.5, 0.6) is 0 Å². The van der Waals surface area contributed by atoms with Crippen LogP contribution in [0.4, 0.5) is 0 Å². The molecule has 1 aromatic heterocycles. The van der Waals surface area contributed by atoms with Gasteiger partial charge in [-0.05, 0) is 30.1 Å². The molecule has 1 saturated carbocycles. The van der Waals surface area contributed by atoms with E-state index in [-0.39, 0.29) is 0 Å². The third-order valence-electron chi connectivity index (χ3n) is 5.07. The lowest BCUT2D eigenvalue weighted by Gasteiger charge is -2.56. The van der Waals surface area contributed by atoms with Crippen molar-refractivity contribution in [3.8, 4) is 0 Å². The van der Waals surface area contributed by atoms with Gasteiger partial charge in [0.05, 0.1) is 13.6 Å². The number of fused-ring (bicyclic) bond motifs is 1. The molecular weight excluding hydrogens is 208 g/mol. The lowest BCUT2D eigenvalue weighted by molar-refractivity contribution is -0.671. The molecule has 1 heterocycles. The predicted molar refractivity (Wildman–Crippen MR) is 68.3 cm³/mol. The van der Waals surface area contributed by atoms with Gasteiger partial charge in [-0.1, -0.05) is 25.5 Å². The van der Waals surface area contributed by atoms with E-state index < -0.39 is 0 Å². The molecule has 0 amide bonds. The molecule has 3 aliphatic rings. The van der Waals surface area contributed by atoms with Crippen molar-refractivity contribution in [1.29, 1.82) is 0 Å². The lowest BCUT2D eigenvalue weighted by Crippen LogP contribution is -2.48. The van der Waals surface area contributed by atoms with Crippen LogP contribution in [-0.2, 0) is 13.6 Å². The molecule has 0 spiro atoms. The van der Waals surface area contributed by atoms with Crippen molar-refractivity contribution in [2.24, 2.45) is 24.3 Å². The molecule has 1 fully saturated rings. The molecule has 0 aliphatic heterocycles. The van der Waals surface area contributed by atoms with Crippen LogP contribution in [-0.4, -0.2) is 4.57 Å². The van der Waals surface area contributed by atoms with E-state index in [4.69, 9.17) is 0 Å². The summed E-state index contributed by atoms with van der Waals surface area (Å²) in [6.45, 7) is 6.03. The van der Waals surface area contributed by atoms with Crippen LogP contribution < -0.4 is 4.57 Å². The quantitative estimate of drug-likeness (QED) is 0.558. The van der Waals surface area contributed by atoms with Crippen LogP contribution in [0.3, 0.4) is 0 Å². The van der Waals surface area contributed by atoms with Gasteiger partial charge in [0.2, 0.25) is 6.33 Å². The molecule has 3 aliphatic carbocycles. The highest BCUT2D eigenvalue weighted by Crippen LogP contribution is 2.59. The predicted octanol–water partition coefficient (Wildman–Crippen LogP) is 2.70. The highest BCUT2D eigenvalue weighted by Gasteiger charge is 2.50. The molecule has 1 aromatic rings. The summed E-state index contributed by atoms with van der Waals surface area (Å²) in [6, 6.07) is 0. The Labute approximate surface area is 104 Å². The largest absolute Gasteiger partial charge is 0.243 e. The van der Waals surface area contributed by atoms with Crippen molar-refractivity contribution in [3.05, 3.63) is 30.4 Å². The van der Waals surface area contributed by atoms with E-state index in [1.54, 1.807) is 5.57 Å². The Hall–Kier alpha value is -1.05. The van der Waals surface area contributed by atoms with Gasteiger partial charge in [0.1, 0.15) is 12.4 Å². The monoisotopic (exact) mass is 231 g/mol. The zero-order valence-electron chi connectivity index (χ0n) is 11.2. The highest BCUT2D eigenvalue weighted by molar-refractivity contribution is 5.23. The number of allylic oxidation sites excluding steroid dienone is 2. The first-order valence-electron chi connectivity index (χ1n) is 6.77. The summed E-state index contributed by atoms with van der Waals surface area (Å²) < 4.78 is 4.40. The SMILES string of the molecule is C[n+]1ccn(CCC2=CCC3C[C@@H]2C3(C)C)c1. The molecule has 2 heteroatoms. The van der Waals surface area contributed by atoms with E-state index in [0.717, 1.165) is 18.4 Å². The smallest absolute Gasteiger partial charge is 0.240 e. The van der Waals surface area contributed by atoms with Gasteiger partial charge in [-0.15, -0.1) is 0 Å². The molecule has 0 N–H and O–H groups in total. The van der Waals surface area contributed by atoms with E-state index in [2.05, 4.69) is 54.8 Å². The Morgan fingerprint density at radius 1 is 1.47 bits per heavy atom. The van der Waals surface area contributed by atoms with Crippen molar-refractivity contribution in [2.75, 3.05) is 0 Å². The molecule has 2 atom stereocenters. The number of imidazole rings is 1. The first-order chi connectivity index (χ1) is 8.07. The normalized spacial score (nSPS) is 29.7. The minimum Gasteiger partial charge on any atom is -0.240 e. The van der Waals surface area contributed by atoms with Gasteiger partial charge in [-0.3, -0.25) is 0 Å². The van der Waals surface area contributed by atoms with Gasteiger partial charge in [-0.2, -0.15) is 0 Å². The van der Waals surface area contributed by atoms with Gasteiger partial charge >= 0.3 is 0 Å². The molecule has 2 nitrogen and oxygen atoms in total. The zero-order valence-corrected chi connectivity index (χ0v) is 11.2. The average molecular weight is 231 g/mol. The van der Waals surface area contributed by atoms with Crippen molar-refractivity contribution in [3.63, 3.8) is 0 Å². The number of rotatable bonds is 3. The van der Waals surface area contributed by atoms with Crippen LogP contribution >= 0.6 is 0 Å². The number of hydrogen-bond donors (Lipinski definition) is 0. The molecule has 0 radical (unpaired) electrons. The summed E-state index contributed by atoms with van der Waals surface area (Å²) in [5.41, 5.74) is 2.29. The van der Waals surface area contributed by atoms with Gasteiger partial charge in [0, 0.05) is 6.42 Å². The molecular formula is C15H23N2+. The Bertz CT molecular complexity index is 453. The molecule has 0 saturated heterocycles. The lowest BCUT2D eigenvalue weighted by atomic mass is 9.48. The second-order valence-corrected chi connectivity index (χ2v) is 6.39. The summed E-state index contributed by atoms with van der Waals surface area (Å²) in [7, 11) is 2.08. The van der Waals surface area contributed by atoms with Gasteiger partial charge < -0.3 is 0 Å². The van der Waals surface area contributed by atoms with E-state index in [1.807, 2.05) is 0 Å². The maximum atomic E-state index is 2.52. The summed E-state index contributed by atoms with van der Waals surface area (Å²) in [5.74, 6) is 1.83. The number of hydrogen-bond acceptors (Lipinski definition) is 0. The Morgan fingerprint density at radius 3 is 2.88 bits per heavy atom. The minimum atomic E-state index is 0.575. The third kappa shape index (κ3) is 1.74. The van der Waals surface area contributed by atoms with Crippen LogP contribution in [0.15, 0.2) is 30.4 Å². The van der Waals surface area contributed by atoms with Crippen LogP contribution in [0, 0.1) is 17.3 Å². The summed E-state index contributed by atoms with van der Waals surface area (Å²) >= 11 is 0. The van der Waals surface area contributed by atoms with Gasteiger partial charge in [0.15, 0.2) is 0 Å². The number of aromatic nitrogens is 2. The fourth-order valence-corrected chi connectivity index (χ4v) is 3.65. The summed E-state index contributed by atoms with van der Waals surface area (Å²) in [4.78, 5) is 0. The van der Waals surface area contributed by atoms with E-state index >= 15 is 0 Å². The molecule has 2 bridgehead atoms. The Kier molecular flexibility index (Phi) is 2.42. The topological polar surface area (TPSA) is 8.81 Å². The van der Waals surface area contributed by atoms with Crippen LogP contribution in [0.2, 0.25) is 0 Å². The maximum absolute atomic E-state index is 2.52. The summed E-state index contributed by atoms with van der Waals surface area (Å²) in [5, 5.41) is 0. The fourth-order valence-electron chi connectivity index (χ4n) is 3.65. The average Bonchev–Trinajstić information content (AvgIpc) is 2.72. The molecule has 1 unspecified atom stereocenters. The van der Waals surface area contributed by atoms with Crippen molar-refractivity contribution in [1.82, 2.24) is 4.57 Å². The first kappa shape index (κ1) is 11.1. The van der Waals surface area contributed by atoms with Crippen molar-refractivity contribution >= 4 is 0 Å². The third-order valence-corrected chi connectivity index (χ3v) is 5.07. The highest BCUT2D eigenvalue weighted by atomic mass is 15.1. The van der Waals surface area contributed by atoms with E-state index in [0.29, 0.717) is 5.41 Å². The molecule has 0 aromatic carbocycles. The molecule has 92 valence electrons. The number of nitrogens with zero attached hydrogens (tertiary/aromatic N) is 2. The van der Waals surface area contributed by atoms with Crippen molar-refractivity contribution in [2.45, 2.75) is 39.7 Å². The van der Waals surface area contributed by atoms with E-state index in [1.165, 1.54) is 19.3 Å². The zero-order chi connectivity index (χ0) is 12.0. The van der Waals surface area contributed by atoms with Gasteiger partial charge in [0.25, 0.3) is 0 Å². The standard InChI is InChI=1S/C15H23N2/c1-15(2)13-5-4-12(14(15)10-13)6-7-17-9-8-16(3)11-17/h4,8-9,11,13-14H,5-7,10H2,1-3H3/q+1/t13?,14-/m0/s1. The van der Waals surface area contributed by atoms with Gasteiger partial charge in [-0.25, -0.2) is 9.13 Å². The molecule has 4 rings (SSSR count). The molecule has 17 heavy (non-hydrogen) atoms. The number of aryl methyl sites for hydroxylation is 2. The Morgan fingerprint density at radius 2 is 2.29 bits per heavy atom. The van der Waals surface area contributed by atoms with E-state index in [9.17, 15) is 0 Å². The fraction of sp³-hybridized carbons (Fsp3) is 0.667.